The predicted octanol–water partition coefficient (Wildman–Crippen LogP) is 4.14. The van der Waals surface area contributed by atoms with Gasteiger partial charge in [-0.3, -0.25) is 9.78 Å². The summed E-state index contributed by atoms with van der Waals surface area (Å²) in [7, 11) is 0. The van der Waals surface area contributed by atoms with Gasteiger partial charge in [-0.1, -0.05) is 0 Å². The normalized spacial score (nSPS) is 11.2. The number of ether oxygens (including phenoxy) is 1. The van der Waals surface area contributed by atoms with Crippen molar-refractivity contribution in [3.63, 3.8) is 0 Å². The molecule has 0 unspecified atom stereocenters. The van der Waals surface area contributed by atoms with E-state index in [0.29, 0.717) is 5.69 Å². The zero-order valence-electron chi connectivity index (χ0n) is 14.9. The molecule has 0 fully saturated rings. The molecule has 24 heavy (non-hydrogen) atoms. The lowest BCUT2D eigenvalue weighted by Gasteiger charge is -2.20. The van der Waals surface area contributed by atoms with Crippen molar-refractivity contribution in [3.05, 3.63) is 48.3 Å². The molecule has 0 bridgehead atoms. The first-order valence-corrected chi connectivity index (χ1v) is 8.05. The van der Waals surface area contributed by atoms with Gasteiger partial charge in [0.2, 0.25) is 0 Å². The number of nitrogens with zero attached hydrogens (tertiary/aromatic N) is 1. The van der Waals surface area contributed by atoms with Crippen molar-refractivity contribution in [2.45, 2.75) is 46.3 Å². The minimum Gasteiger partial charge on any atom is -0.491 e. The molecule has 0 saturated heterocycles. The number of aromatic nitrogens is 1. The number of carbonyl (C=O) groups excluding carboxylic acids is 1. The number of hydrogen-bond donors (Lipinski definition) is 2. The molecule has 1 aromatic carbocycles. The maximum Gasteiger partial charge on any atom is 0.270 e. The summed E-state index contributed by atoms with van der Waals surface area (Å²) in [4.78, 5) is 16.3. The Morgan fingerprint density at radius 2 is 1.75 bits per heavy atom. The summed E-state index contributed by atoms with van der Waals surface area (Å²) < 4.78 is 5.63. The van der Waals surface area contributed by atoms with E-state index in [1.54, 1.807) is 12.3 Å². The van der Waals surface area contributed by atoms with Gasteiger partial charge >= 0.3 is 0 Å². The molecular formula is C19H25N3O2. The lowest BCUT2D eigenvalue weighted by atomic mass is 10.1. The smallest absolute Gasteiger partial charge is 0.270 e. The van der Waals surface area contributed by atoms with E-state index in [2.05, 4.69) is 15.6 Å². The minimum atomic E-state index is -0.297. The van der Waals surface area contributed by atoms with E-state index >= 15 is 0 Å². The fourth-order valence-electron chi connectivity index (χ4n) is 2.09. The van der Waals surface area contributed by atoms with Crippen LogP contribution in [0.15, 0.2) is 42.6 Å². The fraction of sp³-hybridized carbons (Fsp3) is 0.368. The molecule has 0 aliphatic rings. The summed E-state index contributed by atoms with van der Waals surface area (Å²) >= 11 is 0. The lowest BCUT2D eigenvalue weighted by molar-refractivity contribution is 0.0914. The topological polar surface area (TPSA) is 63.2 Å². The van der Waals surface area contributed by atoms with Crippen LogP contribution in [-0.2, 0) is 0 Å². The van der Waals surface area contributed by atoms with Gasteiger partial charge in [-0.25, -0.2) is 0 Å². The number of amides is 1. The number of hydrogen-bond acceptors (Lipinski definition) is 4. The van der Waals surface area contributed by atoms with E-state index in [1.807, 2.05) is 65.0 Å². The highest BCUT2D eigenvalue weighted by molar-refractivity contribution is 5.93. The molecule has 128 valence electrons. The molecule has 2 aromatic rings. The van der Waals surface area contributed by atoms with Crippen molar-refractivity contribution in [1.29, 1.82) is 0 Å². The van der Waals surface area contributed by atoms with Gasteiger partial charge in [0.15, 0.2) is 0 Å². The standard InChI is InChI=1S/C19H25N3O2/c1-13(2)24-16-8-6-14(7-9-16)21-15-10-11-20-17(12-15)18(23)22-19(3,4)5/h6-13H,1-5H3,(H,20,21)(H,22,23). The molecule has 0 aliphatic heterocycles. The van der Waals surface area contributed by atoms with E-state index in [1.165, 1.54) is 0 Å². The second-order valence-corrected chi connectivity index (χ2v) is 6.95. The van der Waals surface area contributed by atoms with Crippen LogP contribution in [0.25, 0.3) is 0 Å². The second kappa shape index (κ2) is 7.34. The summed E-state index contributed by atoms with van der Waals surface area (Å²) in [5.74, 6) is 0.641. The van der Waals surface area contributed by atoms with E-state index < -0.39 is 0 Å². The lowest BCUT2D eigenvalue weighted by Crippen LogP contribution is -2.40. The zero-order valence-corrected chi connectivity index (χ0v) is 14.9. The number of benzene rings is 1. The number of carbonyl (C=O) groups is 1. The van der Waals surface area contributed by atoms with Gasteiger partial charge in [-0.2, -0.15) is 0 Å². The Morgan fingerprint density at radius 3 is 2.33 bits per heavy atom. The Hall–Kier alpha value is -2.56. The number of nitrogens with one attached hydrogen (secondary N) is 2. The second-order valence-electron chi connectivity index (χ2n) is 6.95. The maximum atomic E-state index is 12.2. The van der Waals surface area contributed by atoms with Crippen LogP contribution in [-0.4, -0.2) is 22.5 Å². The van der Waals surface area contributed by atoms with Crippen LogP contribution in [0.5, 0.6) is 5.75 Å². The number of anilines is 2. The zero-order chi connectivity index (χ0) is 17.7. The number of rotatable bonds is 5. The Kier molecular flexibility index (Phi) is 5.44. The van der Waals surface area contributed by atoms with Gasteiger partial charge < -0.3 is 15.4 Å². The molecular weight excluding hydrogens is 302 g/mol. The Balaban J connectivity index is 2.08. The van der Waals surface area contributed by atoms with Crippen molar-refractivity contribution < 1.29 is 9.53 Å². The highest BCUT2D eigenvalue weighted by Gasteiger charge is 2.16. The van der Waals surface area contributed by atoms with Gasteiger partial charge in [0, 0.05) is 23.1 Å². The van der Waals surface area contributed by atoms with Gasteiger partial charge in [-0.15, -0.1) is 0 Å². The Labute approximate surface area is 143 Å². The van der Waals surface area contributed by atoms with Crippen molar-refractivity contribution >= 4 is 17.3 Å². The molecule has 5 heteroatoms. The summed E-state index contributed by atoms with van der Waals surface area (Å²) in [5, 5.41) is 6.17. The summed E-state index contributed by atoms with van der Waals surface area (Å²) in [6.45, 7) is 9.80. The van der Waals surface area contributed by atoms with E-state index in [-0.39, 0.29) is 17.6 Å². The van der Waals surface area contributed by atoms with Crippen LogP contribution in [0.4, 0.5) is 11.4 Å². The van der Waals surface area contributed by atoms with Gasteiger partial charge in [0.1, 0.15) is 11.4 Å². The molecule has 1 amide bonds. The third-order valence-electron chi connectivity index (χ3n) is 3.00. The molecule has 2 rings (SSSR count). The first-order valence-electron chi connectivity index (χ1n) is 8.05. The molecule has 0 radical (unpaired) electrons. The molecule has 0 atom stereocenters. The first-order chi connectivity index (χ1) is 11.2. The first kappa shape index (κ1) is 17.8. The molecule has 5 nitrogen and oxygen atoms in total. The van der Waals surface area contributed by atoms with E-state index in [9.17, 15) is 4.79 Å². The SMILES string of the molecule is CC(C)Oc1ccc(Nc2ccnc(C(=O)NC(C)(C)C)c2)cc1. The maximum absolute atomic E-state index is 12.2. The molecule has 1 aromatic heterocycles. The summed E-state index contributed by atoms with van der Waals surface area (Å²) in [6, 6.07) is 11.3. The van der Waals surface area contributed by atoms with Crippen LogP contribution >= 0.6 is 0 Å². The van der Waals surface area contributed by atoms with Crippen LogP contribution in [0.1, 0.15) is 45.1 Å². The van der Waals surface area contributed by atoms with Crippen LogP contribution in [0.3, 0.4) is 0 Å². The van der Waals surface area contributed by atoms with Crippen LogP contribution in [0, 0.1) is 0 Å². The fourth-order valence-corrected chi connectivity index (χ4v) is 2.09. The van der Waals surface area contributed by atoms with E-state index in [0.717, 1.165) is 17.1 Å². The molecule has 1 heterocycles. The molecule has 2 N–H and O–H groups in total. The number of pyridine rings is 1. The molecule has 0 spiro atoms. The van der Waals surface area contributed by atoms with Crippen molar-refractivity contribution in [3.8, 4) is 5.75 Å². The quantitative estimate of drug-likeness (QED) is 0.866. The van der Waals surface area contributed by atoms with Gasteiger partial charge in [-0.05, 0) is 71.0 Å². The predicted molar refractivity (Wildman–Crippen MR) is 96.9 cm³/mol. The van der Waals surface area contributed by atoms with Gasteiger partial charge in [0.25, 0.3) is 5.91 Å². The van der Waals surface area contributed by atoms with Gasteiger partial charge in [0.05, 0.1) is 6.10 Å². The summed E-state index contributed by atoms with van der Waals surface area (Å²) in [5.41, 5.74) is 1.81. The third kappa shape index (κ3) is 5.57. The average Bonchev–Trinajstić information content (AvgIpc) is 2.47. The minimum absolute atomic E-state index is 0.146. The largest absolute Gasteiger partial charge is 0.491 e. The molecule has 0 aliphatic carbocycles. The van der Waals surface area contributed by atoms with Crippen molar-refractivity contribution in [2.75, 3.05) is 5.32 Å². The Morgan fingerprint density at radius 1 is 1.08 bits per heavy atom. The average molecular weight is 327 g/mol. The van der Waals surface area contributed by atoms with Crippen LogP contribution < -0.4 is 15.4 Å². The third-order valence-corrected chi connectivity index (χ3v) is 3.00. The Bertz CT molecular complexity index is 689. The van der Waals surface area contributed by atoms with E-state index in [4.69, 9.17) is 4.74 Å². The van der Waals surface area contributed by atoms with Crippen LogP contribution in [0.2, 0.25) is 0 Å². The highest BCUT2D eigenvalue weighted by atomic mass is 16.5. The highest BCUT2D eigenvalue weighted by Crippen LogP contribution is 2.21. The molecule has 0 saturated carbocycles. The summed E-state index contributed by atoms with van der Waals surface area (Å²) in [6.07, 6.45) is 1.77. The monoisotopic (exact) mass is 327 g/mol. The van der Waals surface area contributed by atoms with Crippen molar-refractivity contribution in [2.24, 2.45) is 0 Å². The van der Waals surface area contributed by atoms with Crippen molar-refractivity contribution in [1.82, 2.24) is 10.3 Å².